The van der Waals surface area contributed by atoms with E-state index in [9.17, 15) is 0 Å². The Bertz CT molecular complexity index is 3180. The number of hydrogen-bond acceptors (Lipinski definition) is 1. The van der Waals surface area contributed by atoms with Crippen LogP contribution in [0.4, 0.5) is 0 Å². The van der Waals surface area contributed by atoms with Gasteiger partial charge in [0.05, 0.1) is 33.1 Å². The summed E-state index contributed by atoms with van der Waals surface area (Å²) in [5.74, 6) is 0. The zero-order valence-corrected chi connectivity index (χ0v) is 26.3. The van der Waals surface area contributed by atoms with Crippen molar-refractivity contribution >= 4 is 76.3 Å². The molecule has 0 amide bonds. The topological polar surface area (TPSA) is 23.0 Å². The molecular weight excluding hydrogens is 597 g/mol. The monoisotopic (exact) mass is 622 g/mol. The first kappa shape index (κ1) is 25.5. The van der Waals surface area contributed by atoms with Crippen molar-refractivity contribution in [3.05, 3.63) is 158 Å². The Hall–Kier alpha value is -6.58. The first-order valence-corrected chi connectivity index (χ1v) is 16.9. The van der Waals surface area contributed by atoms with Crippen LogP contribution in [0.15, 0.2) is 162 Å². The fourth-order valence-electron chi connectivity index (χ4n) is 8.96. The maximum absolute atomic E-state index is 6.53. The summed E-state index contributed by atoms with van der Waals surface area (Å²) in [4.78, 5) is 0. The van der Waals surface area contributed by atoms with Crippen LogP contribution >= 0.6 is 0 Å². The van der Waals surface area contributed by atoms with Crippen molar-refractivity contribution in [1.82, 2.24) is 9.13 Å². The molecule has 0 N–H and O–H groups in total. The molecule has 0 saturated heterocycles. The molecule has 0 aliphatic heterocycles. The van der Waals surface area contributed by atoms with Gasteiger partial charge in [0.2, 0.25) is 0 Å². The molecule has 1 aliphatic carbocycles. The average Bonchev–Trinajstić information content (AvgIpc) is 3.89. The number of benzene rings is 8. The summed E-state index contributed by atoms with van der Waals surface area (Å²) in [6, 6.07) is 57.4. The number of rotatable bonds is 2. The quantitative estimate of drug-likeness (QED) is 0.188. The average molecular weight is 623 g/mol. The Morgan fingerprint density at radius 3 is 1.84 bits per heavy atom. The van der Waals surface area contributed by atoms with E-state index in [1.165, 1.54) is 82.3 Å². The summed E-state index contributed by atoms with van der Waals surface area (Å²) in [6.45, 7) is 0. The van der Waals surface area contributed by atoms with Gasteiger partial charge in [0, 0.05) is 38.0 Å². The van der Waals surface area contributed by atoms with Crippen molar-refractivity contribution in [2.75, 3.05) is 0 Å². The molecule has 0 atom stereocenters. The van der Waals surface area contributed by atoms with Crippen molar-refractivity contribution in [2.24, 2.45) is 0 Å². The van der Waals surface area contributed by atoms with Gasteiger partial charge in [-0.05, 0) is 82.2 Å². The van der Waals surface area contributed by atoms with Crippen LogP contribution in [-0.4, -0.2) is 9.13 Å². The maximum Gasteiger partial charge on any atom is 0.137 e. The predicted molar refractivity (Wildman–Crippen MR) is 204 cm³/mol. The Morgan fingerprint density at radius 2 is 0.980 bits per heavy atom. The summed E-state index contributed by atoms with van der Waals surface area (Å²) in [5, 5.41) is 9.86. The first-order chi connectivity index (χ1) is 24.3. The normalized spacial score (nSPS) is 12.5. The molecule has 0 saturated carbocycles. The van der Waals surface area contributed by atoms with Crippen molar-refractivity contribution in [2.45, 2.75) is 0 Å². The lowest BCUT2D eigenvalue weighted by molar-refractivity contribution is 0.669. The fourth-order valence-corrected chi connectivity index (χ4v) is 8.96. The van der Waals surface area contributed by atoms with Crippen molar-refractivity contribution in [3.8, 4) is 33.6 Å². The van der Waals surface area contributed by atoms with Crippen LogP contribution in [0.2, 0.25) is 0 Å². The molecule has 226 valence electrons. The van der Waals surface area contributed by atoms with E-state index in [0.29, 0.717) is 0 Å². The molecular formula is C46H26N2O. The Kier molecular flexibility index (Phi) is 4.72. The van der Waals surface area contributed by atoms with E-state index in [1.54, 1.807) is 0 Å². The summed E-state index contributed by atoms with van der Waals surface area (Å²) in [7, 11) is 0. The molecule has 11 aromatic rings. The lowest BCUT2D eigenvalue weighted by Crippen LogP contribution is -1.96. The van der Waals surface area contributed by atoms with Gasteiger partial charge in [-0.15, -0.1) is 0 Å². The Morgan fingerprint density at radius 1 is 0.327 bits per heavy atom. The van der Waals surface area contributed by atoms with E-state index in [2.05, 4.69) is 167 Å². The largest absolute Gasteiger partial charge is 0.456 e. The molecule has 8 aromatic carbocycles. The van der Waals surface area contributed by atoms with Crippen LogP contribution in [-0.2, 0) is 0 Å². The molecule has 0 bridgehead atoms. The maximum atomic E-state index is 6.53. The highest BCUT2D eigenvalue weighted by Gasteiger charge is 2.27. The van der Waals surface area contributed by atoms with E-state index in [4.69, 9.17) is 4.42 Å². The van der Waals surface area contributed by atoms with E-state index in [1.807, 2.05) is 0 Å². The van der Waals surface area contributed by atoms with Gasteiger partial charge in [0.15, 0.2) is 0 Å². The number of aromatic nitrogens is 2. The third kappa shape index (κ3) is 3.13. The van der Waals surface area contributed by atoms with E-state index >= 15 is 0 Å². The van der Waals surface area contributed by atoms with Crippen LogP contribution in [0.5, 0.6) is 0 Å². The molecule has 0 radical (unpaired) electrons. The van der Waals surface area contributed by atoms with E-state index in [-0.39, 0.29) is 0 Å². The second-order valence-corrected chi connectivity index (χ2v) is 13.2. The van der Waals surface area contributed by atoms with Crippen molar-refractivity contribution in [1.29, 1.82) is 0 Å². The highest BCUT2D eigenvalue weighted by atomic mass is 16.3. The fraction of sp³-hybridized carbons (Fsp3) is 0. The zero-order valence-electron chi connectivity index (χ0n) is 26.3. The van der Waals surface area contributed by atoms with Crippen LogP contribution in [0, 0.1) is 0 Å². The minimum absolute atomic E-state index is 0.902. The van der Waals surface area contributed by atoms with Crippen LogP contribution in [0.25, 0.3) is 110 Å². The minimum Gasteiger partial charge on any atom is -0.456 e. The zero-order chi connectivity index (χ0) is 31.8. The molecule has 3 nitrogen and oxygen atoms in total. The molecule has 0 fully saturated rings. The van der Waals surface area contributed by atoms with Gasteiger partial charge in [-0.3, -0.25) is 0 Å². The van der Waals surface area contributed by atoms with Gasteiger partial charge in [-0.1, -0.05) is 103 Å². The van der Waals surface area contributed by atoms with Gasteiger partial charge < -0.3 is 13.6 Å². The van der Waals surface area contributed by atoms with E-state index in [0.717, 1.165) is 27.6 Å². The second-order valence-electron chi connectivity index (χ2n) is 13.2. The number of hydrogen-bond donors (Lipinski definition) is 0. The third-order valence-corrected chi connectivity index (χ3v) is 10.8. The number of furan rings is 1. The lowest BCUT2D eigenvalue weighted by atomic mass is 10.0. The van der Waals surface area contributed by atoms with Gasteiger partial charge >= 0.3 is 0 Å². The molecule has 1 aliphatic rings. The van der Waals surface area contributed by atoms with Crippen molar-refractivity contribution in [3.63, 3.8) is 0 Å². The Balaban J connectivity index is 1.32. The van der Waals surface area contributed by atoms with Crippen LogP contribution in [0.3, 0.4) is 0 Å². The van der Waals surface area contributed by atoms with Crippen molar-refractivity contribution < 1.29 is 4.42 Å². The van der Waals surface area contributed by atoms with E-state index < -0.39 is 0 Å². The van der Waals surface area contributed by atoms with Gasteiger partial charge in [0.25, 0.3) is 0 Å². The minimum atomic E-state index is 0.902. The molecule has 12 rings (SSSR count). The summed E-state index contributed by atoms with van der Waals surface area (Å²) in [5.41, 5.74) is 14.1. The molecule has 0 unspecified atom stereocenters. The molecule has 49 heavy (non-hydrogen) atoms. The van der Waals surface area contributed by atoms with Crippen LogP contribution in [0.1, 0.15) is 0 Å². The molecule has 3 heterocycles. The van der Waals surface area contributed by atoms with Gasteiger partial charge in [-0.25, -0.2) is 0 Å². The highest BCUT2D eigenvalue weighted by Crippen LogP contribution is 2.51. The second kappa shape index (κ2) is 9.06. The lowest BCUT2D eigenvalue weighted by Gasteiger charge is -2.14. The molecule has 3 aromatic heterocycles. The van der Waals surface area contributed by atoms with Crippen LogP contribution < -0.4 is 0 Å². The standard InChI is InChI=1S/C46H26N2O/c1-2-11-27(12-3-1)47-36-19-8-6-15-33(36)43-38(47)24-25-39-44(43)35-22-26-41-45(34-16-7-9-20-40(34)49-41)46(35)48(39)37-23-21-31-29-14-5-4-13-28(29)30-17-10-18-32(37)42(30)31/h1-26H. The summed E-state index contributed by atoms with van der Waals surface area (Å²) >= 11 is 0. The van der Waals surface area contributed by atoms with Gasteiger partial charge in [-0.2, -0.15) is 0 Å². The first-order valence-electron chi connectivity index (χ1n) is 16.9. The number of para-hydroxylation sites is 3. The number of fused-ring (bicyclic) bond motifs is 14. The Labute approximate surface area is 280 Å². The summed E-state index contributed by atoms with van der Waals surface area (Å²) < 4.78 is 11.5. The summed E-state index contributed by atoms with van der Waals surface area (Å²) in [6.07, 6.45) is 0. The molecule has 3 heteroatoms. The smallest absolute Gasteiger partial charge is 0.137 e. The predicted octanol–water partition coefficient (Wildman–Crippen LogP) is 12.6. The third-order valence-electron chi connectivity index (χ3n) is 10.8. The number of nitrogens with zero attached hydrogens (tertiary/aromatic N) is 2. The highest BCUT2D eigenvalue weighted by molar-refractivity contribution is 6.33. The SMILES string of the molecule is c1ccc(-n2c3ccccc3c3c4c5ccc6oc7ccccc7c6c5n(-c5ccc6c7c(cccc57)-c5ccccc5-6)c4ccc32)cc1. The molecule has 0 spiro atoms. The van der Waals surface area contributed by atoms with Gasteiger partial charge in [0.1, 0.15) is 11.2 Å².